The monoisotopic (exact) mass is 440 g/mol. The number of primary sulfonamides is 1. The van der Waals surface area contributed by atoms with Gasteiger partial charge in [-0.25, -0.2) is 13.6 Å². The highest BCUT2D eigenvalue weighted by molar-refractivity contribution is 7.89. The number of nitrogens with two attached hydrogens (primary N) is 1. The first kappa shape index (κ1) is 19.6. The molecule has 0 saturated heterocycles. The van der Waals surface area contributed by atoms with Crippen LogP contribution >= 0.6 is 0 Å². The van der Waals surface area contributed by atoms with Gasteiger partial charge in [0.2, 0.25) is 10.0 Å². The number of aromatic nitrogens is 3. The summed E-state index contributed by atoms with van der Waals surface area (Å²) in [6, 6.07) is 8.53. The molecular weight excluding hydrogens is 420 g/mol. The Morgan fingerprint density at radius 2 is 2.16 bits per heavy atom. The van der Waals surface area contributed by atoms with Crippen molar-refractivity contribution in [3.05, 3.63) is 53.9 Å². The smallest absolute Gasteiger partial charge is 0.241 e. The topological polar surface area (TPSA) is 122 Å². The Hall–Kier alpha value is -3.37. The van der Waals surface area contributed by atoms with E-state index in [1.807, 2.05) is 23.0 Å². The molecule has 0 radical (unpaired) electrons. The van der Waals surface area contributed by atoms with Crippen LogP contribution < -0.4 is 14.6 Å². The van der Waals surface area contributed by atoms with Crippen LogP contribution in [-0.2, 0) is 23.0 Å². The maximum atomic E-state index is 12.0. The van der Waals surface area contributed by atoms with Crippen LogP contribution in [0, 0.1) is 0 Å². The van der Waals surface area contributed by atoms with Crippen LogP contribution in [0.25, 0.3) is 22.2 Å². The van der Waals surface area contributed by atoms with E-state index in [1.165, 1.54) is 13.2 Å². The Morgan fingerprint density at radius 1 is 1.29 bits per heavy atom. The van der Waals surface area contributed by atoms with Crippen LogP contribution in [0.4, 0.5) is 0 Å². The molecule has 3 heterocycles. The second kappa shape index (κ2) is 7.40. The summed E-state index contributed by atoms with van der Waals surface area (Å²) < 4.78 is 43.1. The number of hydrogen-bond acceptors (Lipinski definition) is 7. The summed E-state index contributed by atoms with van der Waals surface area (Å²) in [6.07, 6.45) is 5.38. The van der Waals surface area contributed by atoms with E-state index in [0.717, 1.165) is 24.0 Å². The van der Waals surface area contributed by atoms with Gasteiger partial charge >= 0.3 is 0 Å². The number of hydrogen-bond donors (Lipinski definition) is 1. The van der Waals surface area contributed by atoms with E-state index < -0.39 is 10.0 Å². The Bertz CT molecular complexity index is 1380. The summed E-state index contributed by atoms with van der Waals surface area (Å²) >= 11 is 0. The minimum atomic E-state index is -3.99. The zero-order valence-electron chi connectivity index (χ0n) is 16.7. The SMILES string of the molecule is COc1c(-c2noc3cc(Cn4cccn4)c4c(c23)OCCC4)cccc1S(N)(=O)=O. The summed E-state index contributed by atoms with van der Waals surface area (Å²) in [4.78, 5) is -0.117. The lowest BCUT2D eigenvalue weighted by Gasteiger charge is -2.21. The van der Waals surface area contributed by atoms with Crippen molar-refractivity contribution in [2.45, 2.75) is 24.3 Å². The van der Waals surface area contributed by atoms with E-state index in [1.54, 1.807) is 18.3 Å². The third-order valence-corrected chi connectivity index (χ3v) is 6.30. The van der Waals surface area contributed by atoms with Gasteiger partial charge in [0.05, 0.1) is 25.6 Å². The van der Waals surface area contributed by atoms with Crippen molar-refractivity contribution in [2.24, 2.45) is 5.14 Å². The standard InChI is InChI=1S/C21H20N4O5S/c1-28-20-15(5-2-7-17(20)31(22,26)27)19-18-16(30-24-19)11-13(12-25-9-4-8-23-25)14-6-3-10-29-21(14)18/h2,4-5,7-9,11H,3,6,10,12H2,1H3,(H2,22,26,27). The summed E-state index contributed by atoms with van der Waals surface area (Å²) in [7, 11) is -2.60. The predicted octanol–water partition coefficient (Wildman–Crippen LogP) is 2.72. The number of fused-ring (bicyclic) bond motifs is 3. The first-order valence-electron chi connectivity index (χ1n) is 9.72. The lowest BCUT2D eigenvalue weighted by molar-refractivity contribution is 0.291. The minimum absolute atomic E-state index is 0.116. The van der Waals surface area contributed by atoms with Crippen LogP contribution in [-0.4, -0.2) is 37.1 Å². The number of benzene rings is 2. The van der Waals surface area contributed by atoms with E-state index in [-0.39, 0.29) is 10.6 Å². The molecule has 0 spiro atoms. The maximum absolute atomic E-state index is 12.0. The van der Waals surface area contributed by atoms with Crippen LogP contribution in [0.2, 0.25) is 0 Å². The van der Waals surface area contributed by atoms with Crippen molar-refractivity contribution in [1.82, 2.24) is 14.9 Å². The number of sulfonamides is 1. The number of methoxy groups -OCH3 is 1. The number of ether oxygens (including phenoxy) is 2. The molecule has 0 saturated carbocycles. The molecule has 0 atom stereocenters. The van der Waals surface area contributed by atoms with E-state index in [4.69, 9.17) is 19.1 Å². The van der Waals surface area contributed by atoms with Gasteiger partial charge in [0.1, 0.15) is 22.1 Å². The van der Waals surface area contributed by atoms with E-state index in [0.29, 0.717) is 41.1 Å². The van der Waals surface area contributed by atoms with Crippen LogP contribution in [0.15, 0.2) is 52.1 Å². The molecule has 2 N–H and O–H groups in total. The first-order chi connectivity index (χ1) is 15.0. The van der Waals surface area contributed by atoms with Gasteiger partial charge in [-0.1, -0.05) is 11.2 Å². The fourth-order valence-corrected chi connectivity index (χ4v) is 4.77. The van der Waals surface area contributed by atoms with Gasteiger partial charge in [-0.05, 0) is 42.7 Å². The van der Waals surface area contributed by atoms with Gasteiger partial charge in [0.25, 0.3) is 0 Å². The van der Waals surface area contributed by atoms with Gasteiger partial charge in [-0.2, -0.15) is 5.10 Å². The lowest BCUT2D eigenvalue weighted by Crippen LogP contribution is -2.14. The quantitative estimate of drug-likeness (QED) is 0.506. The predicted molar refractivity (Wildman–Crippen MR) is 113 cm³/mol. The molecule has 1 aliphatic heterocycles. The van der Waals surface area contributed by atoms with E-state index in [2.05, 4.69) is 10.3 Å². The second-order valence-corrected chi connectivity index (χ2v) is 8.82. The lowest BCUT2D eigenvalue weighted by atomic mass is 9.95. The molecule has 4 aromatic rings. The average molecular weight is 440 g/mol. The number of nitrogens with zero attached hydrogens (tertiary/aromatic N) is 3. The largest absolute Gasteiger partial charge is 0.495 e. The fraction of sp³-hybridized carbons (Fsp3) is 0.238. The summed E-state index contributed by atoms with van der Waals surface area (Å²) in [5.74, 6) is 0.815. The van der Waals surface area contributed by atoms with Gasteiger partial charge in [0.15, 0.2) is 5.58 Å². The highest BCUT2D eigenvalue weighted by Crippen LogP contribution is 2.44. The van der Waals surface area contributed by atoms with Crippen LogP contribution in [0.5, 0.6) is 11.5 Å². The molecule has 0 aliphatic carbocycles. The maximum Gasteiger partial charge on any atom is 0.241 e. The van der Waals surface area contributed by atoms with Crippen molar-refractivity contribution in [3.63, 3.8) is 0 Å². The van der Waals surface area contributed by atoms with Crippen molar-refractivity contribution in [3.8, 4) is 22.8 Å². The molecule has 9 nitrogen and oxygen atoms in total. The van der Waals surface area contributed by atoms with Gasteiger partial charge in [-0.15, -0.1) is 0 Å². The number of rotatable bonds is 5. The molecule has 0 fully saturated rings. The van der Waals surface area contributed by atoms with Gasteiger partial charge in [-0.3, -0.25) is 4.68 Å². The molecule has 1 aliphatic rings. The van der Waals surface area contributed by atoms with Crippen molar-refractivity contribution < 1.29 is 22.4 Å². The van der Waals surface area contributed by atoms with E-state index >= 15 is 0 Å². The molecule has 10 heteroatoms. The van der Waals surface area contributed by atoms with Crippen molar-refractivity contribution in [1.29, 1.82) is 0 Å². The fourth-order valence-electron chi connectivity index (χ4n) is 4.05. The Labute approximate surface area is 178 Å². The molecule has 2 aromatic heterocycles. The first-order valence-corrected chi connectivity index (χ1v) is 11.3. The van der Waals surface area contributed by atoms with E-state index in [9.17, 15) is 8.42 Å². The van der Waals surface area contributed by atoms with Crippen LogP contribution in [0.3, 0.4) is 0 Å². The molecule has 31 heavy (non-hydrogen) atoms. The number of para-hydroxylation sites is 1. The molecular formula is C21H20N4O5S. The molecule has 2 aromatic carbocycles. The molecule has 160 valence electrons. The van der Waals surface area contributed by atoms with Gasteiger partial charge in [0, 0.05) is 23.5 Å². The average Bonchev–Trinajstić information content (AvgIpc) is 3.42. The Morgan fingerprint density at radius 3 is 2.90 bits per heavy atom. The second-order valence-electron chi connectivity index (χ2n) is 7.29. The Balaban J connectivity index is 1.74. The van der Waals surface area contributed by atoms with Crippen LogP contribution in [0.1, 0.15) is 17.5 Å². The molecule has 0 amide bonds. The zero-order valence-corrected chi connectivity index (χ0v) is 17.6. The molecule has 0 bridgehead atoms. The Kier molecular flexibility index (Phi) is 4.67. The van der Waals surface area contributed by atoms with Gasteiger partial charge < -0.3 is 14.0 Å². The third-order valence-electron chi connectivity index (χ3n) is 5.37. The highest BCUT2D eigenvalue weighted by Gasteiger charge is 2.27. The molecule has 5 rings (SSSR count). The summed E-state index contributed by atoms with van der Waals surface area (Å²) in [6.45, 7) is 1.15. The summed E-state index contributed by atoms with van der Waals surface area (Å²) in [5.41, 5.74) is 3.56. The third kappa shape index (κ3) is 3.33. The zero-order chi connectivity index (χ0) is 21.6. The normalized spacial score (nSPS) is 13.7. The molecule has 0 unspecified atom stereocenters. The summed E-state index contributed by atoms with van der Waals surface area (Å²) in [5, 5.41) is 14.6. The van der Waals surface area contributed by atoms with Crippen molar-refractivity contribution in [2.75, 3.05) is 13.7 Å². The highest BCUT2D eigenvalue weighted by atomic mass is 32.2. The van der Waals surface area contributed by atoms with Crippen molar-refractivity contribution >= 4 is 21.0 Å². The minimum Gasteiger partial charge on any atom is -0.495 e.